The fraction of sp³-hybridized carbons (Fsp3) is 0.300. The molecule has 0 fully saturated rings. The third-order valence-electron chi connectivity index (χ3n) is 7.13. The molecule has 1 aliphatic carbocycles. The maximum atomic E-state index is 13.9. The Hall–Kier alpha value is -3.22. The third-order valence-corrected chi connectivity index (χ3v) is 8.71. The Morgan fingerprint density at radius 2 is 1.95 bits per heavy atom. The van der Waals surface area contributed by atoms with Crippen LogP contribution in [0.25, 0.3) is 22.2 Å². The molecule has 5 rings (SSSR count). The number of anilines is 1. The number of carbonyl (C=O) groups excluding carboxylic acids is 2. The molecule has 0 unspecified atom stereocenters. The quantitative estimate of drug-likeness (QED) is 0.256. The number of ether oxygens (including phenoxy) is 1. The predicted octanol–water partition coefficient (Wildman–Crippen LogP) is 7.87. The lowest BCUT2D eigenvalue weighted by Gasteiger charge is -2.20. The second-order valence-electron chi connectivity index (χ2n) is 9.39. The van der Waals surface area contributed by atoms with Crippen molar-refractivity contribution in [3.8, 4) is 11.3 Å². The summed E-state index contributed by atoms with van der Waals surface area (Å²) < 4.78 is 5.40. The summed E-state index contributed by atoms with van der Waals surface area (Å²) in [6.45, 7) is 6.18. The number of nitrogens with zero attached hydrogens (tertiary/aromatic N) is 1. The predicted molar refractivity (Wildman–Crippen MR) is 151 cm³/mol. The monoisotopic (exact) mass is 532 g/mol. The Morgan fingerprint density at radius 3 is 2.68 bits per heavy atom. The van der Waals surface area contributed by atoms with Gasteiger partial charge in [-0.2, -0.15) is 0 Å². The molecule has 4 aromatic rings. The SMILES string of the molecule is CCOC(=O)c1c(NC(=O)c2cc(-c3ccccc3)nc3c(C)c(Cl)ccc23)sc2c1CC[C@@H](CC)C2. The number of benzene rings is 2. The van der Waals surface area contributed by atoms with Crippen LogP contribution < -0.4 is 5.32 Å². The van der Waals surface area contributed by atoms with Crippen molar-refractivity contribution in [1.82, 2.24) is 4.98 Å². The first-order valence-corrected chi connectivity index (χ1v) is 13.9. The molecule has 2 aromatic carbocycles. The molecule has 37 heavy (non-hydrogen) atoms. The lowest BCUT2D eigenvalue weighted by molar-refractivity contribution is 0.0526. The van der Waals surface area contributed by atoms with Crippen molar-refractivity contribution in [2.75, 3.05) is 11.9 Å². The number of hydrogen-bond acceptors (Lipinski definition) is 5. The Balaban J connectivity index is 1.61. The van der Waals surface area contributed by atoms with Gasteiger partial charge in [-0.25, -0.2) is 9.78 Å². The van der Waals surface area contributed by atoms with Gasteiger partial charge in [0.05, 0.1) is 28.9 Å². The second kappa shape index (κ2) is 10.6. The van der Waals surface area contributed by atoms with Gasteiger partial charge in [0.1, 0.15) is 5.00 Å². The average Bonchev–Trinajstić information content (AvgIpc) is 3.27. The molecule has 0 aliphatic heterocycles. The van der Waals surface area contributed by atoms with E-state index < -0.39 is 0 Å². The molecule has 7 heteroatoms. The Bertz CT molecular complexity index is 1500. The van der Waals surface area contributed by atoms with Crippen LogP contribution in [0.5, 0.6) is 0 Å². The molecule has 5 nitrogen and oxygen atoms in total. The van der Waals surface area contributed by atoms with E-state index in [9.17, 15) is 9.59 Å². The Morgan fingerprint density at radius 1 is 1.16 bits per heavy atom. The molecule has 0 saturated carbocycles. The van der Waals surface area contributed by atoms with E-state index in [2.05, 4.69) is 12.2 Å². The minimum absolute atomic E-state index is 0.282. The molecule has 0 bridgehead atoms. The zero-order valence-corrected chi connectivity index (χ0v) is 22.8. The van der Waals surface area contributed by atoms with E-state index in [-0.39, 0.29) is 18.5 Å². The van der Waals surface area contributed by atoms with Gasteiger partial charge in [0, 0.05) is 20.8 Å². The summed E-state index contributed by atoms with van der Waals surface area (Å²) in [5.41, 5.74) is 5.10. The van der Waals surface area contributed by atoms with Gasteiger partial charge in [-0.3, -0.25) is 4.79 Å². The molecule has 0 saturated heterocycles. The van der Waals surface area contributed by atoms with Gasteiger partial charge in [-0.1, -0.05) is 61.3 Å². The highest BCUT2D eigenvalue weighted by Crippen LogP contribution is 2.41. The third kappa shape index (κ3) is 4.88. The van der Waals surface area contributed by atoms with Crippen molar-refractivity contribution in [3.63, 3.8) is 0 Å². The number of aromatic nitrogens is 1. The van der Waals surface area contributed by atoms with E-state index in [1.54, 1.807) is 13.0 Å². The first-order valence-electron chi connectivity index (χ1n) is 12.7. The molecule has 0 radical (unpaired) electrons. The smallest absolute Gasteiger partial charge is 0.341 e. The number of aryl methyl sites for hydroxylation is 1. The van der Waals surface area contributed by atoms with Gasteiger partial charge in [-0.15, -0.1) is 11.3 Å². The summed E-state index contributed by atoms with van der Waals surface area (Å²) in [6, 6.07) is 15.2. The van der Waals surface area contributed by atoms with Crippen LogP contribution in [0.1, 0.15) is 63.4 Å². The van der Waals surface area contributed by atoms with Crippen LogP contribution >= 0.6 is 22.9 Å². The number of nitrogens with one attached hydrogen (secondary N) is 1. The van der Waals surface area contributed by atoms with Crippen molar-refractivity contribution in [3.05, 3.63) is 80.7 Å². The highest BCUT2D eigenvalue weighted by molar-refractivity contribution is 7.17. The van der Waals surface area contributed by atoms with Gasteiger partial charge >= 0.3 is 5.97 Å². The van der Waals surface area contributed by atoms with Crippen molar-refractivity contribution in [2.24, 2.45) is 5.92 Å². The highest BCUT2D eigenvalue weighted by atomic mass is 35.5. The highest BCUT2D eigenvalue weighted by Gasteiger charge is 2.30. The Labute approximate surface area is 225 Å². The van der Waals surface area contributed by atoms with E-state index in [1.807, 2.05) is 49.4 Å². The summed E-state index contributed by atoms with van der Waals surface area (Å²) in [4.78, 5) is 32.9. The lowest BCUT2D eigenvalue weighted by atomic mass is 9.85. The first kappa shape index (κ1) is 25.4. The van der Waals surface area contributed by atoms with Gasteiger partial charge in [-0.05, 0) is 62.3 Å². The van der Waals surface area contributed by atoms with Crippen LogP contribution in [0.3, 0.4) is 0 Å². The van der Waals surface area contributed by atoms with Crippen LogP contribution in [-0.2, 0) is 17.6 Å². The second-order valence-corrected chi connectivity index (χ2v) is 10.9. The number of fused-ring (bicyclic) bond motifs is 2. The van der Waals surface area contributed by atoms with Crippen molar-refractivity contribution in [1.29, 1.82) is 0 Å². The number of carbonyl (C=O) groups is 2. The van der Waals surface area contributed by atoms with E-state index in [4.69, 9.17) is 21.3 Å². The normalized spacial score (nSPS) is 14.9. The number of esters is 1. The van der Waals surface area contributed by atoms with Gasteiger partial charge in [0.25, 0.3) is 5.91 Å². The summed E-state index contributed by atoms with van der Waals surface area (Å²) in [5.74, 6) is -0.0741. The van der Waals surface area contributed by atoms with Gasteiger partial charge < -0.3 is 10.1 Å². The summed E-state index contributed by atoms with van der Waals surface area (Å²) >= 11 is 7.92. The topological polar surface area (TPSA) is 68.3 Å². The fourth-order valence-electron chi connectivity index (χ4n) is 5.03. The molecule has 2 heterocycles. The average molecular weight is 533 g/mol. The molecule has 1 aliphatic rings. The maximum absolute atomic E-state index is 13.9. The number of hydrogen-bond donors (Lipinski definition) is 1. The van der Waals surface area contributed by atoms with Gasteiger partial charge in [0.15, 0.2) is 0 Å². The zero-order chi connectivity index (χ0) is 26.1. The first-order chi connectivity index (χ1) is 17.9. The minimum Gasteiger partial charge on any atom is -0.462 e. The van der Waals surface area contributed by atoms with E-state index in [1.165, 1.54) is 16.2 Å². The van der Waals surface area contributed by atoms with E-state index in [0.29, 0.717) is 43.7 Å². The fourth-order valence-corrected chi connectivity index (χ4v) is 6.53. The molecule has 1 N–H and O–H groups in total. The van der Waals surface area contributed by atoms with Crippen LogP contribution in [-0.4, -0.2) is 23.5 Å². The van der Waals surface area contributed by atoms with Crippen molar-refractivity contribution >= 4 is 50.7 Å². The lowest BCUT2D eigenvalue weighted by Crippen LogP contribution is -2.17. The van der Waals surface area contributed by atoms with Crippen LogP contribution in [0.4, 0.5) is 5.00 Å². The van der Waals surface area contributed by atoms with Gasteiger partial charge in [0.2, 0.25) is 0 Å². The summed E-state index contributed by atoms with van der Waals surface area (Å²) in [5, 5.41) is 4.94. The number of halogens is 1. The minimum atomic E-state index is -0.377. The van der Waals surface area contributed by atoms with E-state index >= 15 is 0 Å². The number of rotatable bonds is 6. The largest absolute Gasteiger partial charge is 0.462 e. The molecular formula is C30H29ClN2O3S. The number of pyridine rings is 1. The van der Waals surface area contributed by atoms with Crippen LogP contribution in [0.2, 0.25) is 5.02 Å². The number of amides is 1. The maximum Gasteiger partial charge on any atom is 0.341 e. The van der Waals surface area contributed by atoms with Crippen LogP contribution in [0.15, 0.2) is 48.5 Å². The summed E-state index contributed by atoms with van der Waals surface area (Å²) in [6.07, 6.45) is 3.88. The van der Waals surface area contributed by atoms with Crippen LogP contribution in [0, 0.1) is 12.8 Å². The Kier molecular flexibility index (Phi) is 7.31. The standard InChI is InChI=1S/C30H29ClN2O3S/c1-4-18-11-12-21-25(15-18)37-29(26(21)30(35)36-5-2)33-28(34)22-16-24(19-9-7-6-8-10-19)32-27-17(3)23(31)14-13-20(22)27/h6-10,13-14,16,18H,4-5,11-12,15H2,1-3H3,(H,33,34)/t18-/m1/s1. The molecular weight excluding hydrogens is 504 g/mol. The number of thiophene rings is 1. The molecule has 0 spiro atoms. The molecule has 1 atom stereocenters. The van der Waals surface area contributed by atoms with Crippen molar-refractivity contribution in [2.45, 2.75) is 46.5 Å². The zero-order valence-electron chi connectivity index (χ0n) is 21.2. The van der Waals surface area contributed by atoms with Crippen molar-refractivity contribution < 1.29 is 14.3 Å². The van der Waals surface area contributed by atoms with E-state index in [0.717, 1.165) is 42.4 Å². The molecule has 2 aromatic heterocycles. The molecule has 190 valence electrons. The summed E-state index contributed by atoms with van der Waals surface area (Å²) in [7, 11) is 0. The molecule has 1 amide bonds.